The average Bonchev–Trinajstić information content (AvgIpc) is 2.73. The maximum atomic E-state index is 12.7. The molecule has 0 spiro atoms. The molecule has 1 aromatic carbocycles. The standard InChI is InChI=1S/C20H27N5O2/c1-4-15(2)23-20-21-13-16(14-22-20)19(26)25-11-9-24(10-12-25)17-7-5-6-8-18(17)27-3/h5-8,13-15H,4,9-12H2,1-3H3,(H,21,22,23). The molecule has 2 aromatic rings. The second kappa shape index (κ2) is 8.70. The zero-order valence-corrected chi connectivity index (χ0v) is 16.2. The minimum absolute atomic E-state index is 0.0234. The van der Waals surface area contributed by atoms with E-state index >= 15 is 0 Å². The Bertz CT molecular complexity index is 757. The fourth-order valence-corrected chi connectivity index (χ4v) is 3.06. The zero-order valence-electron chi connectivity index (χ0n) is 16.2. The zero-order chi connectivity index (χ0) is 19.2. The Morgan fingerprint density at radius 2 is 1.85 bits per heavy atom. The number of ether oxygens (including phenoxy) is 1. The summed E-state index contributed by atoms with van der Waals surface area (Å²) in [5.41, 5.74) is 1.59. The molecule has 1 unspecified atom stereocenters. The minimum Gasteiger partial charge on any atom is -0.495 e. The van der Waals surface area contributed by atoms with Crippen LogP contribution >= 0.6 is 0 Å². The molecule has 7 heteroatoms. The van der Waals surface area contributed by atoms with Gasteiger partial charge in [0.1, 0.15) is 5.75 Å². The first-order chi connectivity index (χ1) is 13.1. The van der Waals surface area contributed by atoms with Gasteiger partial charge in [-0.2, -0.15) is 0 Å². The van der Waals surface area contributed by atoms with Crippen LogP contribution in [0.3, 0.4) is 0 Å². The average molecular weight is 369 g/mol. The molecule has 3 rings (SSSR count). The molecule has 0 saturated carbocycles. The van der Waals surface area contributed by atoms with E-state index < -0.39 is 0 Å². The molecule has 1 aromatic heterocycles. The van der Waals surface area contributed by atoms with Crippen molar-refractivity contribution < 1.29 is 9.53 Å². The van der Waals surface area contributed by atoms with Gasteiger partial charge in [-0.1, -0.05) is 19.1 Å². The van der Waals surface area contributed by atoms with Crippen LogP contribution in [0.1, 0.15) is 30.6 Å². The van der Waals surface area contributed by atoms with Crippen molar-refractivity contribution in [3.05, 3.63) is 42.2 Å². The van der Waals surface area contributed by atoms with Crippen molar-refractivity contribution in [1.29, 1.82) is 0 Å². The van der Waals surface area contributed by atoms with Crippen LogP contribution in [0.4, 0.5) is 11.6 Å². The summed E-state index contributed by atoms with van der Waals surface area (Å²) in [6.45, 7) is 7.01. The van der Waals surface area contributed by atoms with Gasteiger partial charge in [0.25, 0.3) is 5.91 Å². The number of benzene rings is 1. The van der Waals surface area contributed by atoms with Gasteiger partial charge in [-0.3, -0.25) is 4.79 Å². The fourth-order valence-electron chi connectivity index (χ4n) is 3.06. The maximum Gasteiger partial charge on any atom is 0.257 e. The predicted molar refractivity (Wildman–Crippen MR) is 107 cm³/mol. The molecule has 7 nitrogen and oxygen atoms in total. The normalized spacial score (nSPS) is 15.4. The SMILES string of the molecule is CCC(C)Nc1ncc(C(=O)N2CCN(c3ccccc3OC)CC2)cn1. The van der Waals surface area contributed by atoms with E-state index in [9.17, 15) is 4.79 Å². The van der Waals surface area contributed by atoms with Crippen molar-refractivity contribution in [1.82, 2.24) is 14.9 Å². The summed E-state index contributed by atoms with van der Waals surface area (Å²) >= 11 is 0. The van der Waals surface area contributed by atoms with Crippen LogP contribution in [0.15, 0.2) is 36.7 Å². The number of rotatable bonds is 6. The van der Waals surface area contributed by atoms with Crippen LogP contribution in [0.25, 0.3) is 0 Å². The van der Waals surface area contributed by atoms with Crippen LogP contribution in [0.2, 0.25) is 0 Å². The van der Waals surface area contributed by atoms with Crippen molar-refractivity contribution >= 4 is 17.5 Å². The largest absolute Gasteiger partial charge is 0.495 e. The number of methoxy groups -OCH3 is 1. The van der Waals surface area contributed by atoms with E-state index in [2.05, 4.69) is 34.0 Å². The number of carbonyl (C=O) groups excluding carboxylic acids is 1. The predicted octanol–water partition coefficient (Wildman–Crippen LogP) is 2.66. The molecule has 1 N–H and O–H groups in total. The summed E-state index contributed by atoms with van der Waals surface area (Å²) < 4.78 is 5.44. The van der Waals surface area contributed by atoms with Crippen molar-refractivity contribution in [3.8, 4) is 5.75 Å². The topological polar surface area (TPSA) is 70.6 Å². The van der Waals surface area contributed by atoms with E-state index in [-0.39, 0.29) is 5.91 Å². The number of hydrogen-bond donors (Lipinski definition) is 1. The Balaban J connectivity index is 1.60. The number of hydrogen-bond acceptors (Lipinski definition) is 6. The lowest BCUT2D eigenvalue weighted by molar-refractivity contribution is 0.0746. The van der Waals surface area contributed by atoms with E-state index in [0.29, 0.717) is 30.6 Å². The molecule has 1 aliphatic rings. The lowest BCUT2D eigenvalue weighted by Gasteiger charge is -2.36. The minimum atomic E-state index is -0.0234. The number of piperazine rings is 1. The molecule has 0 bridgehead atoms. The van der Waals surface area contributed by atoms with E-state index in [0.717, 1.165) is 30.9 Å². The van der Waals surface area contributed by atoms with Crippen LogP contribution in [-0.4, -0.2) is 60.1 Å². The van der Waals surface area contributed by atoms with Crippen molar-refractivity contribution in [2.24, 2.45) is 0 Å². The number of aromatic nitrogens is 2. The molecule has 1 saturated heterocycles. The van der Waals surface area contributed by atoms with Crippen LogP contribution in [0, 0.1) is 0 Å². The third-order valence-corrected chi connectivity index (χ3v) is 4.88. The number of amides is 1. The number of para-hydroxylation sites is 2. The first kappa shape index (κ1) is 18.9. The van der Waals surface area contributed by atoms with Gasteiger partial charge in [-0.15, -0.1) is 0 Å². The van der Waals surface area contributed by atoms with Gasteiger partial charge in [0.05, 0.1) is 18.4 Å². The molecule has 1 amide bonds. The molecule has 1 aliphatic heterocycles. The van der Waals surface area contributed by atoms with Crippen molar-refractivity contribution in [2.75, 3.05) is 43.5 Å². The van der Waals surface area contributed by atoms with Gasteiger partial charge in [0.2, 0.25) is 5.95 Å². The Hall–Kier alpha value is -2.83. The summed E-state index contributed by atoms with van der Waals surface area (Å²) in [5, 5.41) is 3.21. The van der Waals surface area contributed by atoms with Gasteiger partial charge in [-0.05, 0) is 25.5 Å². The highest BCUT2D eigenvalue weighted by molar-refractivity contribution is 5.93. The lowest BCUT2D eigenvalue weighted by Crippen LogP contribution is -2.48. The number of anilines is 2. The first-order valence-corrected chi connectivity index (χ1v) is 9.38. The molecule has 1 atom stereocenters. The van der Waals surface area contributed by atoms with Gasteiger partial charge < -0.3 is 19.9 Å². The van der Waals surface area contributed by atoms with E-state index in [1.807, 2.05) is 29.2 Å². The number of nitrogens with zero attached hydrogens (tertiary/aromatic N) is 4. The highest BCUT2D eigenvalue weighted by atomic mass is 16.5. The van der Waals surface area contributed by atoms with Crippen LogP contribution < -0.4 is 15.0 Å². The van der Waals surface area contributed by atoms with Gasteiger partial charge in [0.15, 0.2) is 0 Å². The second-order valence-electron chi connectivity index (χ2n) is 6.70. The van der Waals surface area contributed by atoms with Gasteiger partial charge in [-0.25, -0.2) is 9.97 Å². The number of nitrogens with one attached hydrogen (secondary N) is 1. The van der Waals surface area contributed by atoms with E-state index in [4.69, 9.17) is 4.74 Å². The number of carbonyl (C=O) groups is 1. The quantitative estimate of drug-likeness (QED) is 0.844. The molecule has 2 heterocycles. The summed E-state index contributed by atoms with van der Waals surface area (Å²) in [5.74, 6) is 1.39. The summed E-state index contributed by atoms with van der Waals surface area (Å²) in [6.07, 6.45) is 4.19. The smallest absolute Gasteiger partial charge is 0.257 e. The molecular weight excluding hydrogens is 342 g/mol. The third kappa shape index (κ3) is 4.48. The maximum absolute atomic E-state index is 12.7. The van der Waals surface area contributed by atoms with Gasteiger partial charge in [0, 0.05) is 44.6 Å². The van der Waals surface area contributed by atoms with Crippen LogP contribution in [-0.2, 0) is 0 Å². The highest BCUT2D eigenvalue weighted by Crippen LogP contribution is 2.28. The van der Waals surface area contributed by atoms with Gasteiger partial charge >= 0.3 is 0 Å². The summed E-state index contributed by atoms with van der Waals surface area (Å²) in [4.78, 5) is 25.4. The highest BCUT2D eigenvalue weighted by Gasteiger charge is 2.24. The molecule has 0 radical (unpaired) electrons. The van der Waals surface area contributed by atoms with E-state index in [1.54, 1.807) is 19.5 Å². The molecule has 27 heavy (non-hydrogen) atoms. The van der Waals surface area contributed by atoms with Crippen molar-refractivity contribution in [2.45, 2.75) is 26.3 Å². The van der Waals surface area contributed by atoms with Crippen molar-refractivity contribution in [3.63, 3.8) is 0 Å². The Kier molecular flexibility index (Phi) is 6.11. The Morgan fingerprint density at radius 1 is 1.19 bits per heavy atom. The second-order valence-corrected chi connectivity index (χ2v) is 6.70. The van der Waals surface area contributed by atoms with Crippen LogP contribution in [0.5, 0.6) is 5.75 Å². The monoisotopic (exact) mass is 369 g/mol. The fraction of sp³-hybridized carbons (Fsp3) is 0.450. The summed E-state index contributed by atoms with van der Waals surface area (Å²) in [7, 11) is 1.68. The first-order valence-electron chi connectivity index (χ1n) is 9.38. The Labute approximate surface area is 160 Å². The molecule has 1 fully saturated rings. The molecule has 144 valence electrons. The molecule has 0 aliphatic carbocycles. The summed E-state index contributed by atoms with van der Waals surface area (Å²) in [6, 6.07) is 8.27. The Morgan fingerprint density at radius 3 is 2.48 bits per heavy atom. The van der Waals surface area contributed by atoms with E-state index in [1.165, 1.54) is 0 Å². The molecular formula is C20H27N5O2. The lowest BCUT2D eigenvalue weighted by atomic mass is 10.2. The third-order valence-electron chi connectivity index (χ3n) is 4.88.